The van der Waals surface area contributed by atoms with Crippen molar-refractivity contribution in [1.82, 2.24) is 10.9 Å². The molecule has 3 rings (SSSR count). The summed E-state index contributed by atoms with van der Waals surface area (Å²) in [5, 5.41) is 2.77. The monoisotopic (exact) mass is 451 g/mol. The molecule has 0 aromatic heterocycles. The lowest BCUT2D eigenvalue weighted by Crippen LogP contribution is -2.41. The van der Waals surface area contributed by atoms with Gasteiger partial charge in [0.15, 0.2) is 0 Å². The van der Waals surface area contributed by atoms with Gasteiger partial charge in [-0.2, -0.15) is 0 Å². The van der Waals surface area contributed by atoms with E-state index in [0.29, 0.717) is 22.4 Å². The molecule has 29 heavy (non-hydrogen) atoms. The SMILES string of the molecule is Cc1cccc(C(=O)Nc2cccc(C(=O)NNC(=O)c3ccc(Br)cc3)c2)c1. The lowest BCUT2D eigenvalue weighted by Gasteiger charge is -2.10. The quantitative estimate of drug-likeness (QED) is 0.522. The van der Waals surface area contributed by atoms with E-state index in [4.69, 9.17) is 0 Å². The molecule has 146 valence electrons. The summed E-state index contributed by atoms with van der Waals surface area (Å²) >= 11 is 3.30. The van der Waals surface area contributed by atoms with Crippen molar-refractivity contribution in [3.63, 3.8) is 0 Å². The second kappa shape index (κ2) is 9.16. The number of anilines is 1. The van der Waals surface area contributed by atoms with Crippen LogP contribution in [0, 0.1) is 6.92 Å². The highest BCUT2D eigenvalue weighted by atomic mass is 79.9. The van der Waals surface area contributed by atoms with Crippen LogP contribution in [0.2, 0.25) is 0 Å². The summed E-state index contributed by atoms with van der Waals surface area (Å²) in [4.78, 5) is 36.8. The first-order valence-corrected chi connectivity index (χ1v) is 9.56. The maximum absolute atomic E-state index is 12.4. The Morgan fingerprint density at radius 3 is 1.93 bits per heavy atom. The molecule has 0 saturated carbocycles. The molecule has 6 nitrogen and oxygen atoms in total. The molecule has 3 aromatic rings. The van der Waals surface area contributed by atoms with Crippen LogP contribution in [0.25, 0.3) is 0 Å². The molecule has 7 heteroatoms. The van der Waals surface area contributed by atoms with Gasteiger partial charge >= 0.3 is 0 Å². The molecular weight excluding hydrogens is 434 g/mol. The maximum Gasteiger partial charge on any atom is 0.269 e. The van der Waals surface area contributed by atoms with Crippen molar-refractivity contribution < 1.29 is 14.4 Å². The van der Waals surface area contributed by atoms with Gasteiger partial charge in [0.2, 0.25) is 0 Å². The lowest BCUT2D eigenvalue weighted by molar-refractivity contribution is 0.0846. The number of carbonyl (C=O) groups is 3. The summed E-state index contributed by atoms with van der Waals surface area (Å²) in [6, 6.07) is 20.4. The Bertz CT molecular complexity index is 1060. The first-order chi connectivity index (χ1) is 13.9. The zero-order valence-electron chi connectivity index (χ0n) is 15.5. The van der Waals surface area contributed by atoms with E-state index in [1.165, 1.54) is 6.07 Å². The summed E-state index contributed by atoms with van der Waals surface area (Å²) in [5.41, 5.74) is 7.42. The molecule has 0 radical (unpaired) electrons. The molecular formula is C22H18BrN3O3. The number of amides is 3. The summed E-state index contributed by atoms with van der Waals surface area (Å²) in [6.07, 6.45) is 0. The Balaban J connectivity index is 1.62. The van der Waals surface area contributed by atoms with Crippen LogP contribution in [0.1, 0.15) is 36.6 Å². The highest BCUT2D eigenvalue weighted by Gasteiger charge is 2.11. The third-order valence-corrected chi connectivity index (χ3v) is 4.59. The highest BCUT2D eigenvalue weighted by Crippen LogP contribution is 2.13. The second-order valence-electron chi connectivity index (χ2n) is 6.32. The molecule has 0 heterocycles. The molecule has 0 aliphatic rings. The van der Waals surface area contributed by atoms with Crippen molar-refractivity contribution in [3.8, 4) is 0 Å². The molecule has 0 fully saturated rings. The van der Waals surface area contributed by atoms with Crippen LogP contribution in [0.5, 0.6) is 0 Å². The number of nitrogens with one attached hydrogen (secondary N) is 3. The van der Waals surface area contributed by atoms with Crippen LogP contribution in [0.3, 0.4) is 0 Å². The van der Waals surface area contributed by atoms with Gasteiger partial charge in [0.05, 0.1) is 0 Å². The molecule has 3 aromatic carbocycles. The zero-order chi connectivity index (χ0) is 20.8. The van der Waals surface area contributed by atoms with Crippen LogP contribution in [-0.4, -0.2) is 17.7 Å². The second-order valence-corrected chi connectivity index (χ2v) is 7.24. The summed E-state index contributed by atoms with van der Waals surface area (Å²) in [6.45, 7) is 1.91. The fourth-order valence-corrected chi connectivity index (χ4v) is 2.85. The van der Waals surface area contributed by atoms with Crippen LogP contribution in [-0.2, 0) is 0 Å². The minimum absolute atomic E-state index is 0.269. The first-order valence-electron chi connectivity index (χ1n) is 8.77. The van der Waals surface area contributed by atoms with Crippen molar-refractivity contribution in [3.05, 3.63) is 99.5 Å². The van der Waals surface area contributed by atoms with Crippen molar-refractivity contribution >= 4 is 39.3 Å². The van der Waals surface area contributed by atoms with E-state index < -0.39 is 11.8 Å². The average Bonchev–Trinajstić information content (AvgIpc) is 2.72. The van der Waals surface area contributed by atoms with E-state index in [9.17, 15) is 14.4 Å². The summed E-state index contributed by atoms with van der Waals surface area (Å²) in [7, 11) is 0. The first kappa shape index (κ1) is 20.3. The predicted molar refractivity (Wildman–Crippen MR) is 115 cm³/mol. The number of hydrogen-bond donors (Lipinski definition) is 3. The third-order valence-electron chi connectivity index (χ3n) is 4.06. The fourth-order valence-electron chi connectivity index (χ4n) is 2.59. The Kier molecular flexibility index (Phi) is 6.41. The Labute approximate surface area is 176 Å². The standard InChI is InChI=1S/C22H18BrN3O3/c1-14-4-2-5-16(12-14)20(27)24-19-7-3-6-17(13-19)22(29)26-25-21(28)15-8-10-18(23)11-9-15/h2-13H,1H3,(H,24,27)(H,25,28)(H,26,29). The van der Waals surface area contributed by atoms with Crippen LogP contribution in [0.4, 0.5) is 5.69 Å². The molecule has 0 saturated heterocycles. The van der Waals surface area contributed by atoms with Gasteiger partial charge in [-0.05, 0) is 61.5 Å². The maximum atomic E-state index is 12.4. The number of halogens is 1. The van der Waals surface area contributed by atoms with Gasteiger partial charge in [-0.3, -0.25) is 25.2 Å². The highest BCUT2D eigenvalue weighted by molar-refractivity contribution is 9.10. The van der Waals surface area contributed by atoms with Gasteiger partial charge in [0.25, 0.3) is 17.7 Å². The van der Waals surface area contributed by atoms with Crippen LogP contribution < -0.4 is 16.2 Å². The molecule has 0 spiro atoms. The van der Waals surface area contributed by atoms with Crippen molar-refractivity contribution in [2.24, 2.45) is 0 Å². The molecule has 0 aliphatic carbocycles. The molecule has 0 atom stereocenters. The summed E-state index contributed by atoms with van der Waals surface area (Å²) in [5.74, 6) is -1.20. The van der Waals surface area contributed by atoms with Crippen molar-refractivity contribution in [2.75, 3.05) is 5.32 Å². The van der Waals surface area contributed by atoms with E-state index in [1.54, 1.807) is 54.6 Å². The van der Waals surface area contributed by atoms with E-state index in [2.05, 4.69) is 32.1 Å². The smallest absolute Gasteiger partial charge is 0.269 e. The fraction of sp³-hybridized carbons (Fsp3) is 0.0455. The van der Waals surface area contributed by atoms with Gasteiger partial charge < -0.3 is 5.32 Å². The number of aryl methyl sites for hydroxylation is 1. The van der Waals surface area contributed by atoms with Crippen molar-refractivity contribution in [1.29, 1.82) is 0 Å². The molecule has 0 bridgehead atoms. The van der Waals surface area contributed by atoms with Crippen LogP contribution in [0.15, 0.2) is 77.3 Å². The Hall–Kier alpha value is -3.45. The minimum Gasteiger partial charge on any atom is -0.322 e. The average molecular weight is 452 g/mol. The van der Waals surface area contributed by atoms with Gasteiger partial charge in [0.1, 0.15) is 0 Å². The normalized spacial score (nSPS) is 10.1. The largest absolute Gasteiger partial charge is 0.322 e. The molecule has 3 amide bonds. The lowest BCUT2D eigenvalue weighted by atomic mass is 10.1. The minimum atomic E-state index is -0.498. The van der Waals surface area contributed by atoms with E-state index >= 15 is 0 Å². The summed E-state index contributed by atoms with van der Waals surface area (Å²) < 4.78 is 0.850. The molecule has 3 N–H and O–H groups in total. The molecule has 0 aliphatic heterocycles. The van der Waals surface area contributed by atoms with Gasteiger partial charge in [-0.25, -0.2) is 0 Å². The number of carbonyl (C=O) groups excluding carboxylic acids is 3. The number of hydrazine groups is 1. The zero-order valence-corrected chi connectivity index (χ0v) is 17.1. The third kappa shape index (κ3) is 5.52. The predicted octanol–water partition coefficient (Wildman–Crippen LogP) is 4.08. The van der Waals surface area contributed by atoms with E-state index in [-0.39, 0.29) is 5.91 Å². The number of rotatable bonds is 4. The topological polar surface area (TPSA) is 87.3 Å². The number of benzene rings is 3. The van der Waals surface area contributed by atoms with Gasteiger partial charge in [0, 0.05) is 26.9 Å². The van der Waals surface area contributed by atoms with E-state index in [0.717, 1.165) is 10.0 Å². The van der Waals surface area contributed by atoms with Gasteiger partial charge in [-0.15, -0.1) is 0 Å². The Morgan fingerprint density at radius 1 is 0.690 bits per heavy atom. The van der Waals surface area contributed by atoms with Crippen LogP contribution >= 0.6 is 15.9 Å². The van der Waals surface area contributed by atoms with Crippen molar-refractivity contribution in [2.45, 2.75) is 6.92 Å². The Morgan fingerprint density at radius 2 is 1.28 bits per heavy atom. The van der Waals surface area contributed by atoms with Gasteiger partial charge in [-0.1, -0.05) is 39.7 Å². The molecule has 0 unspecified atom stereocenters. The number of hydrogen-bond acceptors (Lipinski definition) is 3. The van der Waals surface area contributed by atoms with E-state index in [1.807, 2.05) is 19.1 Å².